The van der Waals surface area contributed by atoms with E-state index >= 15 is 0 Å². The topological polar surface area (TPSA) is 336 Å². The third-order valence-electron chi connectivity index (χ3n) is 30.4. The minimum atomic E-state index is -3.69. The number of carboxylic acids is 1. The molecule has 0 aromatic rings. The molecule has 11 rings (SSSR count). The Morgan fingerprint density at radius 3 is 1.04 bits per heavy atom. The number of amides is 8. The smallest absolute Gasteiger partial charge is 0.424 e. The SMILES string of the molecule is CC(=O)N(C(C)=O)C1CCC(CC(C)C)CC1.CC(C)CC1CCC(C(=O)N(C)C)CC1.CC(C)CC1CCC(C(=O)O)CC1.CC(C)CC1CCC(C(N)=O)CC1.CC(C)CC1CCC(C2NC(=O)NC2=O)CC1.CC(C)CC1CCC(NS(C)(=O)=O)CC1.CC(C)CC1CCCCC1.COC(=O)C1CCC(CC(C)C)CC1.COC(=O)N1CCN(C2CCC(CC(C)C)CC2)S1(=O)=O. The lowest BCUT2D eigenvalue weighted by Crippen LogP contribution is -2.44. The standard InChI is InChI=1S/C14H26N2O4S.C14H25NO2.C13H22N2O2.C13H25NO.C12H22O2.C11H23NO2S.C11H21NO.C11H20O2.C10H20/c1-11(2)10-12-4-6-13(7-5-12)15-8-9-16(14(17)20-3)21(15,18)19;1-10(2)9-13-5-7-14(8-6-13)15(11(3)16)12(4)17;1-8(2)7-9-3-5-10(6-4-9)11-12(16)15-13(17)14-11;1-10(2)9-11-5-7-12(8-6-11)13(15)14(3)4;1-9(2)8-10-4-6-11(7-5-10)12(13)14-3;1-9(2)8-10-4-6-11(7-5-10)12-15(3,13)14;2*1-8(2)7-9-3-5-10(6-4-9)11(12)13;1-9(2)8-10-6-4-3-5-7-10/h11-13H,4-10H2,1-3H3;10,13-14H,5-9H2,1-4H3;8-11H,3-7H2,1-2H3,(H2,14,15,16,17);10-12H,5-9H2,1-4H3;9-11H,4-8H2,1-3H3;9-12H,4-8H2,1-3H3;8-10H,3-7H2,1-2H3,(H2,12,13);8-10H,3-7H2,1-2H3,(H,12,13);9-10H,3-8H2,1-2H3. The third kappa shape index (κ3) is 51.5. The maximum absolute atomic E-state index is 12.4. The van der Waals surface area contributed by atoms with Gasteiger partial charge < -0.3 is 30.5 Å². The number of carbonyl (C=O) groups excluding carboxylic acids is 8. The molecule has 24 nitrogen and oxygen atoms in total. The van der Waals surface area contributed by atoms with Crippen molar-refractivity contribution in [3.05, 3.63) is 0 Å². The highest BCUT2D eigenvalue weighted by molar-refractivity contribution is 7.88. The second-order valence-corrected chi connectivity index (χ2v) is 50.9. The van der Waals surface area contributed by atoms with Crippen molar-refractivity contribution in [3.63, 3.8) is 0 Å². The Kier molecular flexibility index (Phi) is 60.1. The number of primary amides is 1. The van der Waals surface area contributed by atoms with Crippen LogP contribution in [0.5, 0.6) is 0 Å². The summed E-state index contributed by atoms with van der Waals surface area (Å²) in [5.41, 5.74) is 5.27. The average molecular weight is 1950 g/mol. The number of sulfonamides is 1. The molecule has 2 saturated heterocycles. The van der Waals surface area contributed by atoms with Gasteiger partial charge in [-0.2, -0.15) is 17.0 Å². The van der Waals surface area contributed by atoms with Crippen LogP contribution in [0.4, 0.5) is 9.59 Å². The third-order valence-corrected chi connectivity index (χ3v) is 33.1. The highest BCUT2D eigenvalue weighted by Gasteiger charge is 2.46. The van der Waals surface area contributed by atoms with Gasteiger partial charge in [-0.15, -0.1) is 0 Å². The lowest BCUT2D eigenvalue weighted by Gasteiger charge is -2.35. The summed E-state index contributed by atoms with van der Waals surface area (Å²) >= 11 is 0. The van der Waals surface area contributed by atoms with Crippen molar-refractivity contribution < 1.29 is 74.6 Å². The number of imide groups is 2. The molecule has 1 atom stereocenters. The normalized spacial score (nSPS) is 28.2. The molecule has 11 aliphatic rings. The van der Waals surface area contributed by atoms with Gasteiger partial charge in [0.2, 0.25) is 33.7 Å². The number of carbonyl (C=O) groups is 9. The summed E-state index contributed by atoms with van der Waals surface area (Å²) in [6, 6.07) is -0.239. The summed E-state index contributed by atoms with van der Waals surface area (Å²) in [6.45, 7) is 44.4. The number of nitrogens with two attached hydrogens (primary N) is 1. The monoisotopic (exact) mass is 1950 g/mol. The molecule has 0 spiro atoms. The number of hydrogen-bond donors (Lipinski definition) is 5. The van der Waals surface area contributed by atoms with Gasteiger partial charge >= 0.3 is 34.3 Å². The molecule has 788 valence electrons. The van der Waals surface area contributed by atoms with Crippen LogP contribution in [-0.4, -0.2) is 166 Å². The van der Waals surface area contributed by atoms with Crippen molar-refractivity contribution in [2.75, 3.05) is 47.7 Å². The minimum absolute atomic E-state index is 0.00648. The Balaban J connectivity index is 0.000000393. The number of nitrogens with one attached hydrogen (secondary N) is 3. The van der Waals surface area contributed by atoms with Gasteiger partial charge in [-0.25, -0.2) is 22.7 Å². The van der Waals surface area contributed by atoms with Crippen LogP contribution in [0.2, 0.25) is 0 Å². The minimum Gasteiger partial charge on any atom is -0.481 e. The van der Waals surface area contributed by atoms with Crippen molar-refractivity contribution in [2.24, 2.45) is 142 Å². The second-order valence-electron chi connectivity index (χ2n) is 47.3. The number of carboxylic acid groups (broad SMARTS) is 1. The van der Waals surface area contributed by atoms with Crippen LogP contribution in [0.25, 0.3) is 0 Å². The summed E-state index contributed by atoms with van der Waals surface area (Å²) in [6.07, 6.45) is 54.5. The highest BCUT2D eigenvalue weighted by Crippen LogP contribution is 2.42. The van der Waals surface area contributed by atoms with Crippen LogP contribution in [0.3, 0.4) is 0 Å². The Morgan fingerprint density at radius 2 is 0.741 bits per heavy atom. The van der Waals surface area contributed by atoms with Gasteiger partial charge in [0.15, 0.2) is 0 Å². The molecule has 135 heavy (non-hydrogen) atoms. The zero-order chi connectivity index (χ0) is 102. The van der Waals surface area contributed by atoms with Crippen LogP contribution in [0.1, 0.15) is 434 Å². The molecule has 11 fully saturated rings. The molecule has 0 bridgehead atoms. The molecule has 2 heterocycles. The van der Waals surface area contributed by atoms with E-state index in [0.717, 1.165) is 240 Å². The molecule has 0 aromatic carbocycles. The van der Waals surface area contributed by atoms with Crippen molar-refractivity contribution in [1.82, 2.24) is 33.8 Å². The van der Waals surface area contributed by atoms with E-state index in [1.807, 2.05) is 14.1 Å². The van der Waals surface area contributed by atoms with Crippen LogP contribution >= 0.6 is 0 Å². The van der Waals surface area contributed by atoms with Crippen LogP contribution in [0.15, 0.2) is 0 Å². The van der Waals surface area contributed by atoms with Gasteiger partial charge in [-0.3, -0.25) is 43.8 Å². The molecule has 0 radical (unpaired) electrons. The number of urea groups is 1. The van der Waals surface area contributed by atoms with Gasteiger partial charge in [0.05, 0.1) is 38.9 Å². The zero-order valence-electron chi connectivity index (χ0n) is 90.3. The number of methoxy groups -OCH3 is 2. The van der Waals surface area contributed by atoms with Crippen LogP contribution in [0, 0.1) is 136 Å². The van der Waals surface area contributed by atoms with Crippen LogP contribution in [-0.2, 0) is 63.3 Å². The molecule has 9 saturated carbocycles. The Hall–Kier alpha value is -4.95. The second kappa shape index (κ2) is 65.3. The Morgan fingerprint density at radius 1 is 0.430 bits per heavy atom. The molecule has 26 heteroatoms. The first-order valence-electron chi connectivity index (χ1n) is 54.4. The largest absolute Gasteiger partial charge is 0.481 e. The lowest BCUT2D eigenvalue weighted by molar-refractivity contribution is -0.147. The summed E-state index contributed by atoms with van der Waals surface area (Å²) in [4.78, 5) is 105. The average Bonchev–Trinajstić information content (AvgIpc) is 1.63. The summed E-state index contributed by atoms with van der Waals surface area (Å²) < 4.78 is 61.3. The molecule has 1 unspecified atom stereocenters. The quantitative estimate of drug-likeness (QED) is 0.0377. The first kappa shape index (κ1) is 124. The Bertz CT molecular complexity index is 3500. The fourth-order valence-electron chi connectivity index (χ4n) is 24.2. The van der Waals surface area contributed by atoms with Gasteiger partial charge in [0.1, 0.15) is 6.04 Å². The Labute approximate surface area is 824 Å². The van der Waals surface area contributed by atoms with E-state index in [2.05, 4.69) is 145 Å². The molecular formula is C109H204N8O16S2. The molecule has 2 aliphatic heterocycles. The number of nitrogens with zero attached hydrogens (tertiary/aromatic N) is 4. The van der Waals surface area contributed by atoms with Crippen molar-refractivity contribution in [3.8, 4) is 0 Å². The van der Waals surface area contributed by atoms with E-state index in [9.17, 15) is 60.0 Å². The van der Waals surface area contributed by atoms with E-state index in [1.54, 1.807) is 4.90 Å². The van der Waals surface area contributed by atoms with Gasteiger partial charge in [-0.05, 0) is 363 Å². The molecule has 0 aromatic heterocycles. The van der Waals surface area contributed by atoms with Gasteiger partial charge in [-0.1, -0.05) is 170 Å². The number of aliphatic carboxylic acids is 1. The number of hydrogen-bond acceptors (Lipinski definition) is 15. The van der Waals surface area contributed by atoms with Crippen molar-refractivity contribution in [1.29, 1.82) is 0 Å². The summed E-state index contributed by atoms with van der Waals surface area (Å²) in [7, 11) is -0.280. The van der Waals surface area contributed by atoms with Gasteiger partial charge in [0, 0.05) is 64.4 Å². The van der Waals surface area contributed by atoms with Crippen molar-refractivity contribution >= 4 is 73.8 Å². The fraction of sp³-hybridized carbons (Fsp3) is 0.917. The predicted molar refractivity (Wildman–Crippen MR) is 550 cm³/mol. The first-order valence-corrected chi connectivity index (χ1v) is 57.7. The van der Waals surface area contributed by atoms with Crippen molar-refractivity contribution in [2.45, 2.75) is 458 Å². The van der Waals surface area contributed by atoms with E-state index < -0.39 is 32.3 Å². The van der Waals surface area contributed by atoms with Crippen LogP contribution < -0.4 is 21.1 Å². The fourth-order valence-corrected chi connectivity index (χ4v) is 26.7. The maximum atomic E-state index is 12.4. The molecule has 9 aliphatic carbocycles. The zero-order valence-corrected chi connectivity index (χ0v) is 91.9. The highest BCUT2D eigenvalue weighted by atomic mass is 32.2. The number of rotatable bonds is 27. The van der Waals surface area contributed by atoms with Gasteiger partial charge in [0.25, 0.3) is 5.91 Å². The van der Waals surface area contributed by atoms with E-state index in [0.29, 0.717) is 36.1 Å². The maximum Gasteiger partial charge on any atom is 0.424 e. The predicted octanol–water partition coefficient (Wildman–Crippen LogP) is 24.2. The summed E-state index contributed by atoms with van der Waals surface area (Å²) in [5.74, 6) is 14.8. The summed E-state index contributed by atoms with van der Waals surface area (Å²) in [5, 5.41) is 13.9. The van der Waals surface area contributed by atoms with E-state index in [1.165, 1.54) is 198 Å². The number of ether oxygens (including phenoxy) is 2. The molecular weight excluding hydrogens is 1740 g/mol. The molecule has 8 amide bonds. The lowest BCUT2D eigenvalue weighted by atomic mass is 9.76. The molecule has 6 N–H and O–H groups in total. The first-order chi connectivity index (χ1) is 63.3. The van der Waals surface area contributed by atoms with E-state index in [-0.39, 0.29) is 84.1 Å². The van der Waals surface area contributed by atoms with E-state index in [4.69, 9.17) is 15.6 Å². The number of esters is 1.